The third kappa shape index (κ3) is 4.92. The second kappa shape index (κ2) is 8.63. The summed E-state index contributed by atoms with van der Waals surface area (Å²) >= 11 is 0. The lowest BCUT2D eigenvalue weighted by Gasteiger charge is -2.28. The minimum absolute atomic E-state index is 0.0979. The van der Waals surface area contributed by atoms with Gasteiger partial charge in [0.2, 0.25) is 20.0 Å². The number of sulfonamides is 2. The first-order chi connectivity index (χ1) is 13.3. The summed E-state index contributed by atoms with van der Waals surface area (Å²) in [5.74, 6) is 0.0979. The van der Waals surface area contributed by atoms with E-state index in [1.54, 1.807) is 19.1 Å². The topological polar surface area (TPSA) is 83.6 Å². The van der Waals surface area contributed by atoms with Crippen molar-refractivity contribution in [2.24, 2.45) is 0 Å². The molecule has 8 heteroatoms. The van der Waals surface area contributed by atoms with Crippen molar-refractivity contribution in [1.82, 2.24) is 4.72 Å². The van der Waals surface area contributed by atoms with Crippen molar-refractivity contribution in [3.05, 3.63) is 59.7 Å². The molecule has 2 aromatic carbocycles. The van der Waals surface area contributed by atoms with Gasteiger partial charge in [0.25, 0.3) is 0 Å². The van der Waals surface area contributed by atoms with Gasteiger partial charge in [-0.1, -0.05) is 36.4 Å². The van der Waals surface area contributed by atoms with E-state index in [0.29, 0.717) is 37.2 Å². The first-order valence-electron chi connectivity index (χ1n) is 9.44. The highest BCUT2D eigenvalue weighted by Gasteiger charge is 2.27. The Balaban J connectivity index is 1.72. The van der Waals surface area contributed by atoms with Crippen molar-refractivity contribution >= 4 is 25.7 Å². The smallest absolute Gasteiger partial charge is 0.240 e. The van der Waals surface area contributed by atoms with E-state index in [9.17, 15) is 16.8 Å². The van der Waals surface area contributed by atoms with Crippen LogP contribution in [0.5, 0.6) is 0 Å². The minimum atomic E-state index is -3.72. The highest BCUT2D eigenvalue weighted by Crippen LogP contribution is 2.27. The van der Waals surface area contributed by atoms with Crippen molar-refractivity contribution in [1.29, 1.82) is 0 Å². The maximum absolute atomic E-state index is 12.8. The fourth-order valence-corrected chi connectivity index (χ4v) is 6.30. The molecule has 6 nitrogen and oxygen atoms in total. The molecule has 1 saturated heterocycles. The van der Waals surface area contributed by atoms with E-state index >= 15 is 0 Å². The maximum atomic E-state index is 12.8. The number of hydrogen-bond donors (Lipinski definition) is 1. The molecule has 152 valence electrons. The van der Waals surface area contributed by atoms with E-state index in [-0.39, 0.29) is 10.6 Å². The Morgan fingerprint density at radius 2 is 1.82 bits per heavy atom. The molecule has 1 heterocycles. The summed E-state index contributed by atoms with van der Waals surface area (Å²) in [5, 5.41) is 0. The second-order valence-electron chi connectivity index (χ2n) is 7.03. The first kappa shape index (κ1) is 20.8. The third-order valence-corrected chi connectivity index (χ3v) is 8.35. The summed E-state index contributed by atoms with van der Waals surface area (Å²) in [5.41, 5.74) is 2.17. The van der Waals surface area contributed by atoms with Crippen LogP contribution < -0.4 is 9.03 Å². The summed E-state index contributed by atoms with van der Waals surface area (Å²) in [6, 6.07) is 14.7. The van der Waals surface area contributed by atoms with Crippen molar-refractivity contribution in [3.8, 4) is 0 Å². The molecule has 1 aliphatic rings. The molecular formula is C20H26N2O4S2. The molecule has 28 heavy (non-hydrogen) atoms. The summed E-state index contributed by atoms with van der Waals surface area (Å²) in [6.07, 6.45) is 2.88. The van der Waals surface area contributed by atoms with Gasteiger partial charge in [0, 0.05) is 13.1 Å². The fourth-order valence-electron chi connectivity index (χ4n) is 3.33. The molecule has 0 saturated carbocycles. The van der Waals surface area contributed by atoms with Crippen molar-refractivity contribution in [2.45, 2.75) is 37.5 Å². The van der Waals surface area contributed by atoms with Gasteiger partial charge >= 0.3 is 0 Å². The Morgan fingerprint density at radius 1 is 1.07 bits per heavy atom. The van der Waals surface area contributed by atoms with Gasteiger partial charge in [-0.05, 0) is 55.9 Å². The number of anilines is 1. The van der Waals surface area contributed by atoms with Crippen LogP contribution in [0.3, 0.4) is 0 Å². The number of hydrogen-bond acceptors (Lipinski definition) is 4. The molecule has 1 aliphatic heterocycles. The quantitative estimate of drug-likeness (QED) is 0.696. The predicted molar refractivity (Wildman–Crippen MR) is 111 cm³/mol. The first-order valence-corrected chi connectivity index (χ1v) is 12.5. The number of benzene rings is 2. The normalized spacial score (nSPS) is 16.8. The van der Waals surface area contributed by atoms with Crippen molar-refractivity contribution < 1.29 is 16.8 Å². The SMILES string of the molecule is Cc1ccc(N2CCCCS2(=O)=O)cc1S(=O)(=O)NCCCc1ccccc1. The molecule has 0 aliphatic carbocycles. The lowest BCUT2D eigenvalue weighted by Crippen LogP contribution is -2.38. The number of rotatable bonds is 7. The number of aryl methyl sites for hydroxylation is 2. The minimum Gasteiger partial charge on any atom is -0.270 e. The summed E-state index contributed by atoms with van der Waals surface area (Å²) in [4.78, 5) is 0.130. The van der Waals surface area contributed by atoms with Gasteiger partial charge in [0.1, 0.15) is 0 Å². The zero-order chi connectivity index (χ0) is 20.2. The van der Waals surface area contributed by atoms with Gasteiger partial charge in [0.15, 0.2) is 0 Å². The summed E-state index contributed by atoms with van der Waals surface area (Å²) < 4.78 is 54.2. The molecule has 1 fully saturated rings. The Kier molecular flexibility index (Phi) is 6.42. The largest absolute Gasteiger partial charge is 0.270 e. The second-order valence-corrected chi connectivity index (χ2v) is 10.8. The Bertz CT molecular complexity index is 1020. The lowest BCUT2D eigenvalue weighted by atomic mass is 10.1. The van der Waals surface area contributed by atoms with E-state index in [0.717, 1.165) is 18.4 Å². The Morgan fingerprint density at radius 3 is 2.54 bits per heavy atom. The van der Waals surface area contributed by atoms with E-state index in [4.69, 9.17) is 0 Å². The van der Waals surface area contributed by atoms with Gasteiger partial charge < -0.3 is 0 Å². The average Bonchev–Trinajstić information content (AvgIpc) is 2.66. The highest BCUT2D eigenvalue weighted by molar-refractivity contribution is 7.92. The van der Waals surface area contributed by atoms with Crippen molar-refractivity contribution in [3.63, 3.8) is 0 Å². The maximum Gasteiger partial charge on any atom is 0.240 e. The molecule has 0 atom stereocenters. The van der Waals surface area contributed by atoms with Crippen LogP contribution in [-0.4, -0.2) is 35.7 Å². The van der Waals surface area contributed by atoms with Gasteiger partial charge in [0.05, 0.1) is 16.3 Å². The molecule has 2 aromatic rings. The molecule has 0 unspecified atom stereocenters. The van der Waals surface area contributed by atoms with Gasteiger partial charge in [-0.3, -0.25) is 4.31 Å². The molecule has 0 bridgehead atoms. The van der Waals surface area contributed by atoms with Crippen LogP contribution in [-0.2, 0) is 26.5 Å². The lowest BCUT2D eigenvalue weighted by molar-refractivity contribution is 0.572. The van der Waals surface area contributed by atoms with E-state index in [1.807, 2.05) is 30.3 Å². The van der Waals surface area contributed by atoms with E-state index < -0.39 is 20.0 Å². The zero-order valence-corrected chi connectivity index (χ0v) is 17.6. The third-order valence-electron chi connectivity index (χ3n) is 4.88. The molecule has 3 rings (SSSR count). The predicted octanol–water partition coefficient (Wildman–Crippen LogP) is 2.84. The molecule has 0 spiro atoms. The van der Waals surface area contributed by atoms with Crippen molar-refractivity contribution in [2.75, 3.05) is 23.1 Å². The van der Waals surface area contributed by atoms with Gasteiger partial charge in [-0.25, -0.2) is 21.6 Å². The fraction of sp³-hybridized carbons (Fsp3) is 0.400. The monoisotopic (exact) mass is 422 g/mol. The average molecular weight is 423 g/mol. The van der Waals surface area contributed by atoms with Crippen LogP contribution in [0, 0.1) is 6.92 Å². The molecular weight excluding hydrogens is 396 g/mol. The molecule has 1 N–H and O–H groups in total. The number of nitrogens with zero attached hydrogens (tertiary/aromatic N) is 1. The summed E-state index contributed by atoms with van der Waals surface area (Å²) in [7, 11) is -7.10. The van der Waals surface area contributed by atoms with Crippen LogP contribution >= 0.6 is 0 Å². The standard InChI is InChI=1S/C20H26N2O4S2/c1-17-11-12-19(22-14-5-6-15-27(22,23)24)16-20(17)28(25,26)21-13-7-10-18-8-3-2-4-9-18/h2-4,8-9,11-12,16,21H,5-7,10,13-15H2,1H3. The van der Waals surface area contributed by atoms with Gasteiger partial charge in [-0.2, -0.15) is 0 Å². The van der Waals surface area contributed by atoms with E-state index in [2.05, 4.69) is 4.72 Å². The van der Waals surface area contributed by atoms with Crippen LogP contribution in [0.2, 0.25) is 0 Å². The van der Waals surface area contributed by atoms with Crippen LogP contribution in [0.15, 0.2) is 53.4 Å². The Hall–Kier alpha value is -1.90. The Labute approximate surface area is 167 Å². The highest BCUT2D eigenvalue weighted by atomic mass is 32.2. The van der Waals surface area contributed by atoms with Crippen LogP contribution in [0.1, 0.15) is 30.4 Å². The molecule has 0 radical (unpaired) electrons. The molecule has 0 amide bonds. The molecule has 0 aromatic heterocycles. The van der Waals surface area contributed by atoms with Gasteiger partial charge in [-0.15, -0.1) is 0 Å². The van der Waals surface area contributed by atoms with E-state index in [1.165, 1.54) is 10.4 Å². The number of nitrogens with one attached hydrogen (secondary N) is 1. The zero-order valence-electron chi connectivity index (χ0n) is 16.0. The van der Waals surface area contributed by atoms with Crippen LogP contribution in [0.4, 0.5) is 5.69 Å². The van der Waals surface area contributed by atoms with Crippen LogP contribution in [0.25, 0.3) is 0 Å². The summed E-state index contributed by atoms with van der Waals surface area (Å²) in [6.45, 7) is 2.42.